The predicted octanol–water partition coefficient (Wildman–Crippen LogP) is 5.14. The smallest absolute Gasteiger partial charge is 0.267 e. The Morgan fingerprint density at radius 1 is 1.13 bits per heavy atom. The van der Waals surface area contributed by atoms with Gasteiger partial charge in [-0.15, -0.1) is 0 Å². The fraction of sp³-hybridized carbons (Fsp3) is 0.174. The van der Waals surface area contributed by atoms with Gasteiger partial charge in [0.15, 0.2) is 5.65 Å². The molecule has 0 aliphatic rings. The monoisotopic (exact) mass is 422 g/mol. The van der Waals surface area contributed by atoms with Crippen molar-refractivity contribution < 1.29 is 18.3 Å². The molecule has 0 bridgehead atoms. The molecule has 2 aromatic heterocycles. The molecule has 0 unspecified atom stereocenters. The summed E-state index contributed by atoms with van der Waals surface area (Å²) in [5, 5.41) is 7.73. The van der Waals surface area contributed by atoms with Crippen LogP contribution in [0.5, 0.6) is 5.75 Å². The Balaban J connectivity index is 1.80. The summed E-state index contributed by atoms with van der Waals surface area (Å²) in [5.74, 6) is -0.375. The highest BCUT2D eigenvalue weighted by molar-refractivity contribution is 6.13. The molecule has 4 aromatic rings. The SMILES string of the molecule is COc1ccc(NC(=O)c2cc(-c3ccccc3)nc3c2c(C)nn3C)cc1C(F)F. The Bertz CT molecular complexity index is 1270. The van der Waals surface area contributed by atoms with Gasteiger partial charge in [-0.1, -0.05) is 30.3 Å². The largest absolute Gasteiger partial charge is 0.496 e. The first-order chi connectivity index (χ1) is 14.9. The van der Waals surface area contributed by atoms with E-state index in [4.69, 9.17) is 4.74 Å². The van der Waals surface area contributed by atoms with Gasteiger partial charge >= 0.3 is 0 Å². The van der Waals surface area contributed by atoms with Gasteiger partial charge in [-0.05, 0) is 31.2 Å². The zero-order valence-electron chi connectivity index (χ0n) is 17.2. The van der Waals surface area contributed by atoms with Crippen molar-refractivity contribution >= 4 is 22.6 Å². The van der Waals surface area contributed by atoms with Gasteiger partial charge < -0.3 is 10.1 Å². The molecule has 0 saturated carbocycles. The number of carbonyl (C=O) groups excluding carboxylic acids is 1. The highest BCUT2D eigenvalue weighted by Gasteiger charge is 2.21. The molecule has 0 radical (unpaired) electrons. The van der Waals surface area contributed by atoms with Crippen molar-refractivity contribution in [2.45, 2.75) is 13.3 Å². The van der Waals surface area contributed by atoms with Crippen LogP contribution in [-0.4, -0.2) is 27.8 Å². The first-order valence-electron chi connectivity index (χ1n) is 9.56. The number of hydrogen-bond acceptors (Lipinski definition) is 4. The van der Waals surface area contributed by atoms with Gasteiger partial charge in [0.25, 0.3) is 12.3 Å². The summed E-state index contributed by atoms with van der Waals surface area (Å²) in [6.45, 7) is 1.80. The Hall–Kier alpha value is -3.81. The van der Waals surface area contributed by atoms with E-state index in [9.17, 15) is 13.6 Å². The number of halogens is 2. The van der Waals surface area contributed by atoms with Crippen LogP contribution in [0, 0.1) is 6.92 Å². The van der Waals surface area contributed by atoms with Gasteiger partial charge in [0, 0.05) is 18.3 Å². The van der Waals surface area contributed by atoms with Crippen molar-refractivity contribution in [1.82, 2.24) is 14.8 Å². The maximum Gasteiger partial charge on any atom is 0.267 e. The van der Waals surface area contributed by atoms with E-state index in [0.717, 1.165) is 5.56 Å². The Labute approximate surface area is 177 Å². The van der Waals surface area contributed by atoms with E-state index in [2.05, 4.69) is 15.4 Å². The lowest BCUT2D eigenvalue weighted by Gasteiger charge is -2.12. The minimum absolute atomic E-state index is 0.0637. The van der Waals surface area contributed by atoms with Gasteiger partial charge in [0.05, 0.1) is 35.0 Å². The molecule has 0 aliphatic carbocycles. The molecule has 2 heterocycles. The third kappa shape index (κ3) is 3.84. The molecule has 0 fully saturated rings. The third-order valence-electron chi connectivity index (χ3n) is 5.01. The van der Waals surface area contributed by atoms with Crippen molar-refractivity contribution in [2.24, 2.45) is 7.05 Å². The third-order valence-corrected chi connectivity index (χ3v) is 5.01. The molecule has 0 aliphatic heterocycles. The van der Waals surface area contributed by atoms with E-state index >= 15 is 0 Å². The van der Waals surface area contributed by atoms with Crippen LogP contribution >= 0.6 is 0 Å². The number of amides is 1. The maximum absolute atomic E-state index is 13.3. The quantitative estimate of drug-likeness (QED) is 0.483. The topological polar surface area (TPSA) is 69.0 Å². The number of aromatic nitrogens is 3. The number of nitrogens with zero attached hydrogens (tertiary/aromatic N) is 3. The second kappa shape index (κ2) is 8.14. The first-order valence-corrected chi connectivity index (χ1v) is 9.56. The number of benzene rings is 2. The summed E-state index contributed by atoms with van der Waals surface area (Å²) >= 11 is 0. The Morgan fingerprint density at radius 2 is 1.87 bits per heavy atom. The highest BCUT2D eigenvalue weighted by atomic mass is 19.3. The van der Waals surface area contributed by atoms with Crippen molar-refractivity contribution in [3.8, 4) is 17.0 Å². The average Bonchev–Trinajstić information content (AvgIpc) is 3.07. The first kappa shape index (κ1) is 20.5. The van der Waals surface area contributed by atoms with E-state index in [1.807, 2.05) is 30.3 Å². The number of nitrogens with one attached hydrogen (secondary N) is 1. The van der Waals surface area contributed by atoms with Crippen LogP contribution in [0.2, 0.25) is 0 Å². The lowest BCUT2D eigenvalue weighted by molar-refractivity contribution is 0.102. The number of alkyl halides is 2. The second-order valence-electron chi connectivity index (χ2n) is 7.04. The van der Waals surface area contributed by atoms with Crippen molar-refractivity contribution in [1.29, 1.82) is 0 Å². The van der Waals surface area contributed by atoms with Crippen LogP contribution < -0.4 is 10.1 Å². The summed E-state index contributed by atoms with van der Waals surface area (Å²) in [7, 11) is 3.08. The number of rotatable bonds is 5. The van der Waals surface area contributed by atoms with Gasteiger partial charge in [-0.3, -0.25) is 9.48 Å². The molecule has 8 heteroatoms. The summed E-state index contributed by atoms with van der Waals surface area (Å²) in [5.41, 5.74) is 3.00. The molecule has 6 nitrogen and oxygen atoms in total. The van der Waals surface area contributed by atoms with Crippen LogP contribution in [-0.2, 0) is 7.05 Å². The zero-order valence-corrected chi connectivity index (χ0v) is 17.2. The lowest BCUT2D eigenvalue weighted by Crippen LogP contribution is -2.13. The van der Waals surface area contributed by atoms with E-state index in [0.29, 0.717) is 28.0 Å². The summed E-state index contributed by atoms with van der Waals surface area (Å²) in [6, 6.07) is 15.3. The number of fused-ring (bicyclic) bond motifs is 1. The number of carbonyl (C=O) groups is 1. The highest BCUT2D eigenvalue weighted by Crippen LogP contribution is 2.32. The molecule has 0 saturated heterocycles. The summed E-state index contributed by atoms with van der Waals surface area (Å²) in [6.07, 6.45) is -2.73. The van der Waals surface area contributed by atoms with Crippen LogP contribution in [0.15, 0.2) is 54.6 Å². The van der Waals surface area contributed by atoms with Crippen LogP contribution in [0.1, 0.15) is 28.0 Å². The molecule has 0 atom stereocenters. The van der Waals surface area contributed by atoms with Gasteiger partial charge in [-0.2, -0.15) is 5.10 Å². The number of hydrogen-bond donors (Lipinski definition) is 1. The van der Waals surface area contributed by atoms with Crippen LogP contribution in [0.25, 0.3) is 22.3 Å². The number of aryl methyl sites for hydroxylation is 2. The molecule has 1 amide bonds. The molecular formula is C23H20F2N4O2. The van der Waals surface area contributed by atoms with Crippen molar-refractivity contribution in [3.05, 3.63) is 71.4 Å². The van der Waals surface area contributed by atoms with Crippen LogP contribution in [0.4, 0.5) is 14.5 Å². The van der Waals surface area contributed by atoms with Crippen LogP contribution in [0.3, 0.4) is 0 Å². The molecule has 2 aromatic carbocycles. The number of ether oxygens (including phenoxy) is 1. The summed E-state index contributed by atoms with van der Waals surface area (Å²) in [4.78, 5) is 17.9. The standard InChI is InChI=1S/C23H20F2N4O2/c1-13-20-17(23(30)26-15-9-10-19(31-3)16(11-15)21(24)25)12-18(14-7-5-4-6-8-14)27-22(20)29(2)28-13/h4-12,21H,1-3H3,(H,26,30). The Morgan fingerprint density at radius 3 is 2.55 bits per heavy atom. The molecule has 31 heavy (non-hydrogen) atoms. The van der Waals surface area contributed by atoms with Crippen molar-refractivity contribution in [2.75, 3.05) is 12.4 Å². The maximum atomic E-state index is 13.3. The van der Waals surface area contributed by atoms with E-state index in [1.165, 1.54) is 25.3 Å². The molecular weight excluding hydrogens is 402 g/mol. The minimum Gasteiger partial charge on any atom is -0.496 e. The van der Waals surface area contributed by atoms with E-state index in [-0.39, 0.29) is 17.0 Å². The van der Waals surface area contributed by atoms with E-state index < -0.39 is 12.3 Å². The van der Waals surface area contributed by atoms with Gasteiger partial charge in [-0.25, -0.2) is 13.8 Å². The lowest BCUT2D eigenvalue weighted by atomic mass is 10.0. The molecule has 1 N–H and O–H groups in total. The van der Waals surface area contributed by atoms with Gasteiger partial charge in [0.2, 0.25) is 0 Å². The average molecular weight is 422 g/mol. The second-order valence-corrected chi connectivity index (χ2v) is 7.04. The number of methoxy groups -OCH3 is 1. The molecule has 0 spiro atoms. The molecule has 158 valence electrons. The van der Waals surface area contributed by atoms with Gasteiger partial charge in [0.1, 0.15) is 5.75 Å². The minimum atomic E-state index is -2.73. The predicted molar refractivity (Wildman–Crippen MR) is 115 cm³/mol. The molecule has 4 rings (SSSR count). The number of anilines is 1. The summed E-state index contributed by atoms with van der Waals surface area (Å²) < 4.78 is 33.3. The fourth-order valence-electron chi connectivity index (χ4n) is 3.56. The normalized spacial score (nSPS) is 11.2. The Kier molecular flexibility index (Phi) is 5.37. The van der Waals surface area contributed by atoms with Crippen molar-refractivity contribution in [3.63, 3.8) is 0 Å². The number of pyridine rings is 1. The fourth-order valence-corrected chi connectivity index (χ4v) is 3.56. The van der Waals surface area contributed by atoms with E-state index in [1.54, 1.807) is 24.7 Å². The zero-order chi connectivity index (χ0) is 22.1.